The van der Waals surface area contributed by atoms with E-state index in [0.29, 0.717) is 30.7 Å². The lowest BCUT2D eigenvalue weighted by Crippen LogP contribution is -2.44. The molecule has 0 unspecified atom stereocenters. The van der Waals surface area contributed by atoms with Crippen molar-refractivity contribution in [1.29, 1.82) is 0 Å². The van der Waals surface area contributed by atoms with E-state index < -0.39 is 5.54 Å². The van der Waals surface area contributed by atoms with Gasteiger partial charge in [-0.3, -0.25) is 14.5 Å². The topological polar surface area (TPSA) is 105 Å². The van der Waals surface area contributed by atoms with Gasteiger partial charge in [-0.2, -0.15) is 0 Å². The summed E-state index contributed by atoms with van der Waals surface area (Å²) in [6.45, 7) is 0.248. The smallest absolute Gasteiger partial charge is 0.325 e. The number of oxazole rings is 1. The summed E-state index contributed by atoms with van der Waals surface area (Å²) < 4.78 is 5.26. The average Bonchev–Trinajstić information content (AvgIpc) is 3.41. The Morgan fingerprint density at radius 3 is 2.86 bits per heavy atom. The van der Waals surface area contributed by atoms with Crippen LogP contribution in [0.3, 0.4) is 0 Å². The molecule has 2 aromatic rings. The molecule has 1 spiro atoms. The summed E-state index contributed by atoms with van der Waals surface area (Å²) in [6.07, 6.45) is 6.92. The molecule has 2 heterocycles. The highest BCUT2D eigenvalue weighted by atomic mass is 16.3. The lowest BCUT2D eigenvalue weighted by atomic mass is 9.98. The van der Waals surface area contributed by atoms with Crippen LogP contribution in [0.25, 0.3) is 11.3 Å². The van der Waals surface area contributed by atoms with Gasteiger partial charge >= 0.3 is 6.03 Å². The fourth-order valence-corrected chi connectivity index (χ4v) is 3.93. The molecule has 8 heteroatoms. The molecular weight excluding hydrogens is 360 g/mol. The number of carbonyl (C=O) groups excluding carboxylic acids is 3. The van der Waals surface area contributed by atoms with Crippen molar-refractivity contribution in [3.8, 4) is 11.3 Å². The monoisotopic (exact) mass is 382 g/mol. The van der Waals surface area contributed by atoms with Gasteiger partial charge in [-0.25, -0.2) is 9.78 Å². The van der Waals surface area contributed by atoms with Gasteiger partial charge in [0.2, 0.25) is 5.91 Å². The summed E-state index contributed by atoms with van der Waals surface area (Å²) in [5.41, 5.74) is 0.774. The van der Waals surface area contributed by atoms with Crippen LogP contribution in [-0.2, 0) is 9.59 Å². The van der Waals surface area contributed by atoms with Gasteiger partial charge in [0.15, 0.2) is 12.2 Å². The highest BCUT2D eigenvalue weighted by molar-refractivity contribution is 6.07. The van der Waals surface area contributed by atoms with Crippen molar-refractivity contribution in [2.24, 2.45) is 0 Å². The van der Waals surface area contributed by atoms with E-state index in [0.717, 1.165) is 18.4 Å². The van der Waals surface area contributed by atoms with Gasteiger partial charge in [0.05, 0.1) is 6.20 Å². The van der Waals surface area contributed by atoms with Crippen molar-refractivity contribution in [2.45, 2.75) is 44.1 Å². The molecule has 1 aromatic heterocycles. The summed E-state index contributed by atoms with van der Waals surface area (Å²) in [6, 6.07) is 6.94. The number of hydrogen-bond donors (Lipinski definition) is 2. The van der Waals surface area contributed by atoms with E-state index in [-0.39, 0.29) is 30.8 Å². The second-order valence-electron chi connectivity index (χ2n) is 7.27. The van der Waals surface area contributed by atoms with Crippen LogP contribution in [0.2, 0.25) is 0 Å². The van der Waals surface area contributed by atoms with E-state index >= 15 is 0 Å². The zero-order chi connectivity index (χ0) is 19.6. The largest absolute Gasteiger partial charge is 0.444 e. The molecule has 1 aliphatic carbocycles. The number of nitrogens with zero attached hydrogens (tertiary/aromatic N) is 2. The molecule has 0 atom stereocenters. The van der Waals surface area contributed by atoms with E-state index in [2.05, 4.69) is 15.6 Å². The molecule has 28 heavy (non-hydrogen) atoms. The van der Waals surface area contributed by atoms with Crippen LogP contribution in [0, 0.1) is 0 Å². The number of benzene rings is 1. The van der Waals surface area contributed by atoms with Crippen molar-refractivity contribution >= 4 is 23.5 Å². The summed E-state index contributed by atoms with van der Waals surface area (Å²) in [5.74, 6) is 0.308. The Balaban J connectivity index is 1.29. The van der Waals surface area contributed by atoms with E-state index in [1.165, 1.54) is 11.3 Å². The fourth-order valence-electron chi connectivity index (χ4n) is 3.93. The van der Waals surface area contributed by atoms with Crippen LogP contribution in [-0.4, -0.2) is 39.8 Å². The normalized spacial score (nSPS) is 17.9. The van der Waals surface area contributed by atoms with E-state index in [4.69, 9.17) is 4.42 Å². The Morgan fingerprint density at radius 2 is 2.11 bits per heavy atom. The Kier molecular flexibility index (Phi) is 4.85. The summed E-state index contributed by atoms with van der Waals surface area (Å²) >= 11 is 0. The van der Waals surface area contributed by atoms with E-state index in [1.54, 1.807) is 18.3 Å². The molecule has 146 valence electrons. The minimum absolute atomic E-state index is 0.143. The number of anilines is 1. The molecular formula is C20H22N4O4. The maximum absolute atomic E-state index is 12.6. The first kappa shape index (κ1) is 18.2. The number of carbonyl (C=O) groups is 3. The zero-order valence-electron chi connectivity index (χ0n) is 15.4. The first-order valence-corrected chi connectivity index (χ1v) is 9.50. The van der Waals surface area contributed by atoms with Gasteiger partial charge in [0.1, 0.15) is 5.54 Å². The number of hydrogen-bond acceptors (Lipinski definition) is 5. The molecule has 0 bridgehead atoms. The van der Waals surface area contributed by atoms with Crippen molar-refractivity contribution < 1.29 is 18.8 Å². The predicted molar refractivity (Wildman–Crippen MR) is 101 cm³/mol. The van der Waals surface area contributed by atoms with Gasteiger partial charge < -0.3 is 15.1 Å². The molecule has 0 radical (unpaired) electrons. The Hall–Kier alpha value is -3.16. The van der Waals surface area contributed by atoms with Crippen LogP contribution >= 0.6 is 0 Å². The Labute approximate surface area is 162 Å². The van der Waals surface area contributed by atoms with Crippen molar-refractivity contribution in [1.82, 2.24) is 15.2 Å². The maximum Gasteiger partial charge on any atom is 0.325 e. The minimum atomic E-state index is -0.694. The van der Waals surface area contributed by atoms with Gasteiger partial charge in [-0.1, -0.05) is 25.0 Å². The van der Waals surface area contributed by atoms with Crippen molar-refractivity contribution in [2.75, 3.05) is 11.9 Å². The van der Waals surface area contributed by atoms with Crippen LogP contribution in [0.4, 0.5) is 10.5 Å². The van der Waals surface area contributed by atoms with Gasteiger partial charge in [0, 0.05) is 24.2 Å². The van der Waals surface area contributed by atoms with Gasteiger partial charge in [-0.05, 0) is 31.4 Å². The molecule has 1 saturated carbocycles. The standard InChI is InChI=1S/C20H22N4O4/c25-17(22-15-6-3-5-14(11-15)16-12-21-13-28-16)7-4-10-24-18(26)20(23-19(24)27)8-1-2-9-20/h3,5-6,11-13H,1-2,4,7-10H2,(H,22,25)(H,23,27). The van der Waals surface area contributed by atoms with Crippen LogP contribution in [0.1, 0.15) is 38.5 Å². The maximum atomic E-state index is 12.6. The second-order valence-corrected chi connectivity index (χ2v) is 7.27. The molecule has 4 amide bonds. The highest BCUT2D eigenvalue weighted by Gasteiger charge is 2.51. The lowest BCUT2D eigenvalue weighted by Gasteiger charge is -2.19. The Bertz CT molecular complexity index is 887. The quantitative estimate of drug-likeness (QED) is 0.748. The number of aromatic nitrogens is 1. The number of urea groups is 1. The number of imide groups is 1. The molecule has 8 nitrogen and oxygen atoms in total. The van der Waals surface area contributed by atoms with Crippen LogP contribution in [0.15, 0.2) is 41.3 Å². The minimum Gasteiger partial charge on any atom is -0.444 e. The lowest BCUT2D eigenvalue weighted by molar-refractivity contribution is -0.131. The number of amides is 4. The van der Waals surface area contributed by atoms with Crippen LogP contribution in [0.5, 0.6) is 0 Å². The first-order valence-electron chi connectivity index (χ1n) is 9.50. The van der Waals surface area contributed by atoms with E-state index in [1.807, 2.05) is 12.1 Å². The number of rotatable bonds is 6. The molecule has 2 aliphatic rings. The summed E-state index contributed by atoms with van der Waals surface area (Å²) in [5, 5.41) is 5.69. The SMILES string of the molecule is O=C(CCCN1C(=O)NC2(CCCC2)C1=O)Nc1cccc(-c2cnco2)c1. The third-order valence-electron chi connectivity index (χ3n) is 5.35. The number of nitrogens with one attached hydrogen (secondary N) is 2. The third-order valence-corrected chi connectivity index (χ3v) is 5.35. The third kappa shape index (κ3) is 3.49. The molecule has 2 fully saturated rings. The molecule has 1 saturated heterocycles. The fraction of sp³-hybridized carbons (Fsp3) is 0.400. The molecule has 1 aromatic carbocycles. The molecule has 1 aliphatic heterocycles. The van der Waals surface area contributed by atoms with Crippen LogP contribution < -0.4 is 10.6 Å². The summed E-state index contributed by atoms with van der Waals surface area (Å²) in [7, 11) is 0. The Morgan fingerprint density at radius 1 is 1.29 bits per heavy atom. The summed E-state index contributed by atoms with van der Waals surface area (Å²) in [4.78, 5) is 42.1. The average molecular weight is 382 g/mol. The zero-order valence-corrected chi connectivity index (χ0v) is 15.4. The predicted octanol–water partition coefficient (Wildman–Crippen LogP) is 2.92. The van der Waals surface area contributed by atoms with Crippen molar-refractivity contribution in [3.05, 3.63) is 36.9 Å². The van der Waals surface area contributed by atoms with Gasteiger partial charge in [-0.15, -0.1) is 0 Å². The van der Waals surface area contributed by atoms with Crippen molar-refractivity contribution in [3.63, 3.8) is 0 Å². The second kappa shape index (κ2) is 7.46. The molecule has 2 N–H and O–H groups in total. The van der Waals surface area contributed by atoms with E-state index in [9.17, 15) is 14.4 Å². The molecule has 4 rings (SSSR count). The van der Waals surface area contributed by atoms with Gasteiger partial charge in [0.25, 0.3) is 5.91 Å². The highest BCUT2D eigenvalue weighted by Crippen LogP contribution is 2.35. The first-order chi connectivity index (χ1) is 13.6.